The van der Waals surface area contributed by atoms with Gasteiger partial charge in [-0.15, -0.1) is 0 Å². The highest BCUT2D eigenvalue weighted by Crippen LogP contribution is 2.20. The summed E-state index contributed by atoms with van der Waals surface area (Å²) in [7, 11) is 1.68. The zero-order valence-electron chi connectivity index (χ0n) is 9.19. The van der Waals surface area contributed by atoms with Gasteiger partial charge in [0.05, 0.1) is 19.1 Å². The van der Waals surface area contributed by atoms with Crippen molar-refractivity contribution in [2.75, 3.05) is 7.11 Å². The standard InChI is InChI=1S/C12H14N2O/c1-9-6-11(4-5-12(9)15-3)14-7-10(2)13-8-14/h4-8H,1-3H3. The van der Waals surface area contributed by atoms with Crippen LogP contribution < -0.4 is 4.74 Å². The minimum absolute atomic E-state index is 0.913. The maximum Gasteiger partial charge on any atom is 0.121 e. The number of aromatic nitrogens is 2. The number of benzene rings is 1. The van der Waals surface area contributed by atoms with Crippen molar-refractivity contribution in [3.63, 3.8) is 0 Å². The number of nitrogens with zero attached hydrogens (tertiary/aromatic N) is 2. The molecule has 2 rings (SSSR count). The van der Waals surface area contributed by atoms with Gasteiger partial charge < -0.3 is 9.30 Å². The summed E-state index contributed by atoms with van der Waals surface area (Å²) < 4.78 is 7.22. The van der Waals surface area contributed by atoms with E-state index < -0.39 is 0 Å². The van der Waals surface area contributed by atoms with Crippen LogP contribution in [-0.2, 0) is 0 Å². The molecule has 0 fully saturated rings. The lowest BCUT2D eigenvalue weighted by Crippen LogP contribution is -1.93. The summed E-state index contributed by atoms with van der Waals surface area (Å²) >= 11 is 0. The van der Waals surface area contributed by atoms with Crippen molar-refractivity contribution in [3.05, 3.63) is 42.0 Å². The molecule has 1 heterocycles. The Bertz CT molecular complexity index is 474. The SMILES string of the molecule is COc1ccc(-n2cnc(C)c2)cc1C. The van der Waals surface area contributed by atoms with E-state index in [1.165, 1.54) is 0 Å². The Morgan fingerprint density at radius 3 is 2.60 bits per heavy atom. The first-order chi connectivity index (χ1) is 7.20. The zero-order valence-corrected chi connectivity index (χ0v) is 9.19. The molecule has 1 aromatic carbocycles. The Morgan fingerprint density at radius 1 is 1.27 bits per heavy atom. The van der Waals surface area contributed by atoms with Gasteiger partial charge in [-0.25, -0.2) is 4.98 Å². The molecule has 0 aliphatic heterocycles. The molecule has 0 atom stereocenters. The van der Waals surface area contributed by atoms with Crippen molar-refractivity contribution in [1.82, 2.24) is 9.55 Å². The molecule has 15 heavy (non-hydrogen) atoms. The third kappa shape index (κ3) is 1.86. The monoisotopic (exact) mass is 202 g/mol. The van der Waals surface area contributed by atoms with Gasteiger partial charge in [-0.2, -0.15) is 0 Å². The van der Waals surface area contributed by atoms with E-state index in [1.54, 1.807) is 7.11 Å². The van der Waals surface area contributed by atoms with E-state index in [4.69, 9.17) is 4.74 Å². The summed E-state index contributed by atoms with van der Waals surface area (Å²) in [5.74, 6) is 0.913. The van der Waals surface area contributed by atoms with Gasteiger partial charge in [0.1, 0.15) is 5.75 Å². The molecule has 2 aromatic rings. The molecule has 0 bridgehead atoms. The fraction of sp³-hybridized carbons (Fsp3) is 0.250. The van der Waals surface area contributed by atoms with Crippen LogP contribution in [0.5, 0.6) is 5.75 Å². The van der Waals surface area contributed by atoms with E-state index in [0.29, 0.717) is 0 Å². The van der Waals surface area contributed by atoms with E-state index in [9.17, 15) is 0 Å². The largest absolute Gasteiger partial charge is 0.496 e. The summed E-state index contributed by atoms with van der Waals surface area (Å²) in [5.41, 5.74) is 3.25. The first-order valence-corrected chi connectivity index (χ1v) is 4.86. The second kappa shape index (κ2) is 3.77. The summed E-state index contributed by atoms with van der Waals surface area (Å²) in [5, 5.41) is 0. The fourth-order valence-corrected chi connectivity index (χ4v) is 1.59. The van der Waals surface area contributed by atoms with E-state index in [1.807, 2.05) is 43.1 Å². The minimum Gasteiger partial charge on any atom is -0.496 e. The Morgan fingerprint density at radius 2 is 2.07 bits per heavy atom. The van der Waals surface area contributed by atoms with E-state index in [2.05, 4.69) is 11.1 Å². The summed E-state index contributed by atoms with van der Waals surface area (Å²) in [6, 6.07) is 6.08. The maximum atomic E-state index is 5.22. The van der Waals surface area contributed by atoms with Crippen molar-refractivity contribution < 1.29 is 4.74 Å². The zero-order chi connectivity index (χ0) is 10.8. The smallest absolute Gasteiger partial charge is 0.121 e. The molecular weight excluding hydrogens is 188 g/mol. The van der Waals surface area contributed by atoms with Crippen LogP contribution in [0.3, 0.4) is 0 Å². The van der Waals surface area contributed by atoms with Gasteiger partial charge in [-0.3, -0.25) is 0 Å². The molecule has 0 saturated heterocycles. The van der Waals surface area contributed by atoms with Gasteiger partial charge in [-0.1, -0.05) is 0 Å². The van der Waals surface area contributed by atoms with Crippen LogP contribution in [0.2, 0.25) is 0 Å². The van der Waals surface area contributed by atoms with Crippen LogP contribution in [0, 0.1) is 13.8 Å². The van der Waals surface area contributed by atoms with Crippen molar-refractivity contribution in [1.29, 1.82) is 0 Å². The molecule has 3 heteroatoms. The highest BCUT2D eigenvalue weighted by Gasteiger charge is 2.01. The number of ether oxygens (including phenoxy) is 1. The molecule has 0 amide bonds. The van der Waals surface area contributed by atoms with Crippen molar-refractivity contribution in [3.8, 4) is 11.4 Å². The lowest BCUT2D eigenvalue weighted by Gasteiger charge is -2.07. The molecule has 0 spiro atoms. The number of aryl methyl sites for hydroxylation is 2. The average molecular weight is 202 g/mol. The predicted molar refractivity (Wildman–Crippen MR) is 59.6 cm³/mol. The van der Waals surface area contributed by atoms with Crippen molar-refractivity contribution >= 4 is 0 Å². The van der Waals surface area contributed by atoms with Crippen LogP contribution in [-0.4, -0.2) is 16.7 Å². The second-order valence-electron chi connectivity index (χ2n) is 3.58. The third-order valence-corrected chi connectivity index (χ3v) is 2.39. The van der Waals surface area contributed by atoms with Gasteiger partial charge in [0.25, 0.3) is 0 Å². The lowest BCUT2D eigenvalue weighted by molar-refractivity contribution is 0.411. The molecule has 0 aliphatic rings. The Labute approximate surface area is 89.3 Å². The van der Waals surface area contributed by atoms with Crippen LogP contribution in [0.25, 0.3) is 5.69 Å². The molecule has 0 aliphatic carbocycles. The molecule has 1 aromatic heterocycles. The molecule has 0 radical (unpaired) electrons. The van der Waals surface area contributed by atoms with E-state index >= 15 is 0 Å². The number of hydrogen-bond acceptors (Lipinski definition) is 2. The van der Waals surface area contributed by atoms with E-state index in [0.717, 1.165) is 22.7 Å². The highest BCUT2D eigenvalue weighted by atomic mass is 16.5. The van der Waals surface area contributed by atoms with Gasteiger partial charge in [0, 0.05) is 11.9 Å². The Balaban J connectivity index is 2.42. The van der Waals surface area contributed by atoms with Crippen molar-refractivity contribution in [2.45, 2.75) is 13.8 Å². The number of methoxy groups -OCH3 is 1. The first-order valence-electron chi connectivity index (χ1n) is 4.86. The van der Waals surface area contributed by atoms with Crippen molar-refractivity contribution in [2.24, 2.45) is 0 Å². The van der Waals surface area contributed by atoms with Crippen LogP contribution >= 0.6 is 0 Å². The summed E-state index contributed by atoms with van der Waals surface area (Å²) in [6.07, 6.45) is 3.82. The number of rotatable bonds is 2. The Hall–Kier alpha value is -1.77. The lowest BCUT2D eigenvalue weighted by atomic mass is 10.2. The van der Waals surface area contributed by atoms with Gasteiger partial charge in [0.15, 0.2) is 0 Å². The molecule has 0 saturated carbocycles. The quantitative estimate of drug-likeness (QED) is 0.748. The second-order valence-corrected chi connectivity index (χ2v) is 3.58. The van der Waals surface area contributed by atoms with Crippen LogP contribution in [0.1, 0.15) is 11.3 Å². The number of imidazole rings is 1. The topological polar surface area (TPSA) is 27.1 Å². The molecule has 0 unspecified atom stereocenters. The minimum atomic E-state index is 0.913. The maximum absolute atomic E-state index is 5.22. The predicted octanol–water partition coefficient (Wildman–Crippen LogP) is 2.50. The summed E-state index contributed by atoms with van der Waals surface area (Å²) in [4.78, 5) is 4.20. The molecule has 3 nitrogen and oxygen atoms in total. The summed E-state index contributed by atoms with van der Waals surface area (Å²) in [6.45, 7) is 4.01. The van der Waals surface area contributed by atoms with E-state index in [-0.39, 0.29) is 0 Å². The van der Waals surface area contributed by atoms with Crippen LogP contribution in [0.4, 0.5) is 0 Å². The van der Waals surface area contributed by atoms with Crippen LogP contribution in [0.15, 0.2) is 30.7 Å². The van der Waals surface area contributed by atoms with Gasteiger partial charge >= 0.3 is 0 Å². The molecule has 0 N–H and O–H groups in total. The molecular formula is C12H14N2O. The first kappa shape index (κ1) is 9.77. The normalized spacial score (nSPS) is 10.3. The Kier molecular flexibility index (Phi) is 2.46. The average Bonchev–Trinajstić information content (AvgIpc) is 2.65. The van der Waals surface area contributed by atoms with Gasteiger partial charge in [-0.05, 0) is 37.6 Å². The third-order valence-electron chi connectivity index (χ3n) is 2.39. The van der Waals surface area contributed by atoms with Gasteiger partial charge in [0.2, 0.25) is 0 Å². The molecule has 78 valence electrons. The fourth-order valence-electron chi connectivity index (χ4n) is 1.59. The highest BCUT2D eigenvalue weighted by molar-refractivity contribution is 5.43. The number of hydrogen-bond donors (Lipinski definition) is 0.